The monoisotopic (exact) mass is 516 g/mol. The van der Waals surface area contributed by atoms with Crippen molar-refractivity contribution < 1.29 is 18.7 Å². The van der Waals surface area contributed by atoms with Gasteiger partial charge in [0.1, 0.15) is 29.4 Å². The molecule has 3 heterocycles. The van der Waals surface area contributed by atoms with E-state index < -0.39 is 23.8 Å². The van der Waals surface area contributed by atoms with Gasteiger partial charge in [-0.25, -0.2) is 14.2 Å². The van der Waals surface area contributed by atoms with Crippen LogP contribution < -0.4 is 10.2 Å². The van der Waals surface area contributed by atoms with E-state index in [9.17, 15) is 4.79 Å². The van der Waals surface area contributed by atoms with Crippen LogP contribution in [0.1, 0.15) is 46.2 Å². The number of anilines is 2. The number of carbonyl (C=O) groups excluding carboxylic acids is 1. The Kier molecular flexibility index (Phi) is 7.19. The van der Waals surface area contributed by atoms with Crippen molar-refractivity contribution in [2.45, 2.75) is 58.4 Å². The summed E-state index contributed by atoms with van der Waals surface area (Å²) in [4.78, 5) is 22.7. The highest BCUT2D eigenvalue weighted by atomic mass is 35.5. The van der Waals surface area contributed by atoms with E-state index in [1.165, 1.54) is 17.0 Å². The van der Waals surface area contributed by atoms with Gasteiger partial charge in [0.05, 0.1) is 23.9 Å². The summed E-state index contributed by atoms with van der Waals surface area (Å²) in [6, 6.07) is 5.62. The molecule has 1 aliphatic rings. The molecule has 1 amide bonds. The third-order valence-electron chi connectivity index (χ3n) is 5.77. The molecule has 3 aromatic rings. The number of aromatic nitrogens is 4. The minimum absolute atomic E-state index is 0.130. The zero-order chi connectivity index (χ0) is 26.2. The molecule has 0 aliphatic carbocycles. The maximum Gasteiger partial charge on any atom is 0.416 e. The van der Waals surface area contributed by atoms with Crippen LogP contribution in [-0.2, 0) is 16.5 Å². The van der Waals surface area contributed by atoms with Crippen molar-refractivity contribution >= 4 is 29.5 Å². The lowest BCUT2D eigenvalue weighted by Gasteiger charge is -2.31. The highest BCUT2D eigenvalue weighted by Gasteiger charge is 2.40. The predicted octanol–water partition coefficient (Wildman–Crippen LogP) is 5.37. The number of halogens is 2. The van der Waals surface area contributed by atoms with Gasteiger partial charge in [-0.3, -0.25) is 9.58 Å². The molecule has 2 aromatic heterocycles. The van der Waals surface area contributed by atoms with Gasteiger partial charge in [-0.15, -0.1) is 0 Å². The second-order valence-corrected chi connectivity index (χ2v) is 10.2. The molecule has 0 radical (unpaired) electrons. The summed E-state index contributed by atoms with van der Waals surface area (Å²) in [5.41, 5.74) is 1.57. The molecule has 4 rings (SSSR count). The molecular weight excluding hydrogens is 487 g/mol. The SMILES string of the molecule is C[C@H](Nc1nc(Cl)cc(N2C(=O)OC[C@@H]2[C@@H](C)OC(C)(C)C)n1)c1ccc(-c2cnn(C)c2)cc1F. The first-order valence-electron chi connectivity index (χ1n) is 11.6. The molecule has 1 fully saturated rings. The number of rotatable bonds is 7. The number of nitrogens with one attached hydrogen (secondary N) is 1. The lowest BCUT2D eigenvalue weighted by Crippen LogP contribution is -2.45. The molecule has 1 saturated heterocycles. The molecule has 1 aromatic carbocycles. The number of carbonyl (C=O) groups is 1. The highest BCUT2D eigenvalue weighted by molar-refractivity contribution is 6.29. The van der Waals surface area contributed by atoms with Gasteiger partial charge < -0.3 is 14.8 Å². The summed E-state index contributed by atoms with van der Waals surface area (Å²) in [5, 5.41) is 7.35. The Hall–Kier alpha value is -3.24. The molecule has 0 saturated carbocycles. The number of cyclic esters (lactones) is 1. The van der Waals surface area contributed by atoms with E-state index in [2.05, 4.69) is 20.4 Å². The zero-order valence-corrected chi connectivity index (χ0v) is 21.9. The van der Waals surface area contributed by atoms with Crippen LogP contribution in [0.4, 0.5) is 21.0 Å². The van der Waals surface area contributed by atoms with Crippen molar-refractivity contribution in [3.8, 4) is 11.1 Å². The molecule has 1 N–H and O–H groups in total. The molecule has 0 spiro atoms. The fourth-order valence-electron chi connectivity index (χ4n) is 4.17. The van der Waals surface area contributed by atoms with Gasteiger partial charge in [-0.05, 0) is 46.2 Å². The van der Waals surface area contributed by atoms with Crippen molar-refractivity contribution in [1.82, 2.24) is 19.7 Å². The number of ether oxygens (including phenoxy) is 2. The van der Waals surface area contributed by atoms with E-state index in [-0.39, 0.29) is 35.4 Å². The van der Waals surface area contributed by atoms with Crippen LogP contribution in [-0.4, -0.2) is 50.2 Å². The minimum atomic E-state index is -0.546. The van der Waals surface area contributed by atoms with Gasteiger partial charge in [0, 0.05) is 30.4 Å². The average molecular weight is 517 g/mol. The first-order valence-corrected chi connectivity index (χ1v) is 12.0. The normalized spacial score (nSPS) is 17.7. The zero-order valence-electron chi connectivity index (χ0n) is 21.1. The first-order chi connectivity index (χ1) is 16.9. The molecule has 9 nitrogen and oxygen atoms in total. The molecule has 0 unspecified atom stereocenters. The first kappa shape index (κ1) is 25.8. The van der Waals surface area contributed by atoms with Crippen molar-refractivity contribution in [2.75, 3.05) is 16.8 Å². The van der Waals surface area contributed by atoms with Crippen molar-refractivity contribution in [3.63, 3.8) is 0 Å². The minimum Gasteiger partial charge on any atom is -0.447 e. The van der Waals surface area contributed by atoms with Gasteiger partial charge in [0.15, 0.2) is 0 Å². The van der Waals surface area contributed by atoms with Crippen LogP contribution in [0, 0.1) is 5.82 Å². The fourth-order valence-corrected chi connectivity index (χ4v) is 4.35. The van der Waals surface area contributed by atoms with Crippen molar-refractivity contribution in [3.05, 3.63) is 53.2 Å². The fraction of sp³-hybridized carbons (Fsp3) is 0.440. The van der Waals surface area contributed by atoms with Gasteiger partial charge >= 0.3 is 6.09 Å². The largest absolute Gasteiger partial charge is 0.447 e. The Morgan fingerprint density at radius 2 is 1.97 bits per heavy atom. The molecule has 0 bridgehead atoms. The number of hydrogen-bond acceptors (Lipinski definition) is 7. The quantitative estimate of drug-likeness (QED) is 0.422. The second kappa shape index (κ2) is 10.0. The lowest BCUT2D eigenvalue weighted by atomic mass is 10.0. The molecule has 1 aliphatic heterocycles. The van der Waals surface area contributed by atoms with Crippen LogP contribution in [0.15, 0.2) is 36.7 Å². The Morgan fingerprint density at radius 1 is 1.22 bits per heavy atom. The predicted molar refractivity (Wildman–Crippen MR) is 136 cm³/mol. The summed E-state index contributed by atoms with van der Waals surface area (Å²) < 4.78 is 28.0. The number of hydrogen-bond donors (Lipinski definition) is 1. The summed E-state index contributed by atoms with van der Waals surface area (Å²) in [7, 11) is 1.81. The van der Waals surface area contributed by atoms with Crippen LogP contribution >= 0.6 is 11.6 Å². The molecule has 11 heteroatoms. The van der Waals surface area contributed by atoms with Gasteiger partial charge in [-0.2, -0.15) is 10.1 Å². The van der Waals surface area contributed by atoms with Gasteiger partial charge in [-0.1, -0.05) is 23.7 Å². The molecule has 192 valence electrons. The van der Waals surface area contributed by atoms with Gasteiger partial charge in [0.2, 0.25) is 5.95 Å². The van der Waals surface area contributed by atoms with E-state index in [0.29, 0.717) is 5.56 Å². The van der Waals surface area contributed by atoms with E-state index in [1.807, 2.05) is 47.0 Å². The Bertz CT molecular complexity index is 1260. The van der Waals surface area contributed by atoms with Crippen LogP contribution in [0.2, 0.25) is 5.15 Å². The molecule has 3 atom stereocenters. The summed E-state index contributed by atoms with van der Waals surface area (Å²) in [6.45, 7) is 9.66. The van der Waals surface area contributed by atoms with Crippen molar-refractivity contribution in [2.24, 2.45) is 7.05 Å². The third-order valence-corrected chi connectivity index (χ3v) is 5.96. The maximum absolute atomic E-state index is 15.0. The second-order valence-electron chi connectivity index (χ2n) is 9.83. The lowest BCUT2D eigenvalue weighted by molar-refractivity contribution is -0.0618. The smallest absolute Gasteiger partial charge is 0.416 e. The Balaban J connectivity index is 1.55. The van der Waals surface area contributed by atoms with Crippen LogP contribution in [0.3, 0.4) is 0 Å². The topological polar surface area (TPSA) is 94.4 Å². The average Bonchev–Trinajstić information content (AvgIpc) is 3.37. The van der Waals surface area contributed by atoms with Crippen LogP contribution in [0.5, 0.6) is 0 Å². The number of nitrogens with zero attached hydrogens (tertiary/aromatic N) is 5. The Labute approximate surface area is 214 Å². The van der Waals surface area contributed by atoms with E-state index in [0.717, 1.165) is 11.1 Å². The van der Waals surface area contributed by atoms with Crippen LogP contribution in [0.25, 0.3) is 11.1 Å². The number of benzene rings is 1. The van der Waals surface area contributed by atoms with Gasteiger partial charge in [0.25, 0.3) is 0 Å². The van der Waals surface area contributed by atoms with E-state index in [4.69, 9.17) is 21.1 Å². The van der Waals surface area contributed by atoms with E-state index >= 15 is 4.39 Å². The summed E-state index contributed by atoms with van der Waals surface area (Å²) in [6.07, 6.45) is 2.63. The number of amides is 1. The summed E-state index contributed by atoms with van der Waals surface area (Å²) in [5.74, 6) is 0.0486. The standard InChI is InChI=1S/C25H30ClFN6O3/c1-14(18-8-7-16(9-19(18)27)17-11-28-32(6)12-17)29-23-30-21(26)10-22(31-23)33-20(13-35-24(33)34)15(2)36-25(3,4)5/h7-12,14-15,20H,13H2,1-6H3,(H,29,30,31)/t14-,15+,20+/m0/s1. The molecule has 36 heavy (non-hydrogen) atoms. The van der Waals surface area contributed by atoms with Crippen molar-refractivity contribution in [1.29, 1.82) is 0 Å². The third kappa shape index (κ3) is 5.76. The Morgan fingerprint density at radius 3 is 2.61 bits per heavy atom. The highest BCUT2D eigenvalue weighted by Crippen LogP contribution is 2.30. The summed E-state index contributed by atoms with van der Waals surface area (Å²) >= 11 is 6.28. The van der Waals surface area contributed by atoms with E-state index in [1.54, 1.807) is 23.9 Å². The maximum atomic E-state index is 15.0. The molecular formula is C25H30ClFN6O3. The number of aryl methyl sites for hydroxylation is 1.